The number of aromatic nitrogens is 4. The van der Waals surface area contributed by atoms with E-state index in [0.29, 0.717) is 25.6 Å². The number of fused-ring (bicyclic) bond motifs is 1. The van der Waals surface area contributed by atoms with E-state index in [1.54, 1.807) is 11.0 Å². The molecule has 176 valence electrons. The van der Waals surface area contributed by atoms with Crippen molar-refractivity contribution >= 4 is 11.8 Å². The van der Waals surface area contributed by atoms with Crippen LogP contribution in [0.4, 0.5) is 0 Å². The number of hydrogen-bond donors (Lipinski definition) is 1. The number of amides is 2. The van der Waals surface area contributed by atoms with E-state index in [4.69, 9.17) is 0 Å². The average molecular weight is 459 g/mol. The maximum atomic E-state index is 13.0. The molecule has 5 rings (SSSR count). The van der Waals surface area contributed by atoms with Crippen LogP contribution < -0.4 is 5.32 Å². The molecule has 2 heterocycles. The molecule has 2 amide bonds. The molecule has 0 spiro atoms. The maximum Gasteiger partial charge on any atom is 0.254 e. The number of carbonyl (C=O) groups is 2. The summed E-state index contributed by atoms with van der Waals surface area (Å²) in [5.41, 5.74) is 3.00. The van der Waals surface area contributed by atoms with Crippen molar-refractivity contribution < 1.29 is 9.59 Å². The molecule has 0 radical (unpaired) electrons. The first-order valence-electron chi connectivity index (χ1n) is 12.1. The summed E-state index contributed by atoms with van der Waals surface area (Å²) in [6, 6.07) is 18.0. The number of nitrogens with one attached hydrogen (secondary N) is 1. The number of nitrogens with zero attached hydrogens (tertiary/aromatic N) is 5. The third-order valence-corrected chi connectivity index (χ3v) is 7.18. The number of tetrazole rings is 1. The van der Waals surface area contributed by atoms with Crippen molar-refractivity contribution in [1.82, 2.24) is 30.4 Å². The summed E-state index contributed by atoms with van der Waals surface area (Å²) in [5, 5.41) is 14.5. The molecule has 1 unspecified atom stereocenters. The predicted octanol–water partition coefficient (Wildman–Crippen LogP) is 3.04. The number of carbonyl (C=O) groups excluding carboxylic acids is 2. The quantitative estimate of drug-likeness (QED) is 0.560. The SMILES string of the molecule is O=C(NCC(CN1Cc2ccccc2C1=O)c1ccccc1)C1CCC(Cn2cnnn2)CC1. The van der Waals surface area contributed by atoms with E-state index < -0.39 is 0 Å². The minimum Gasteiger partial charge on any atom is -0.355 e. The van der Waals surface area contributed by atoms with Crippen LogP contribution >= 0.6 is 0 Å². The Morgan fingerprint density at radius 2 is 1.79 bits per heavy atom. The molecule has 0 saturated heterocycles. The zero-order valence-electron chi connectivity index (χ0n) is 19.2. The molecule has 3 aromatic rings. The number of hydrogen-bond acceptors (Lipinski definition) is 5. The number of benzene rings is 2. The average Bonchev–Trinajstić information content (AvgIpc) is 3.50. The molecule has 1 aromatic heterocycles. The van der Waals surface area contributed by atoms with Gasteiger partial charge in [0, 0.05) is 43.6 Å². The van der Waals surface area contributed by atoms with Gasteiger partial charge < -0.3 is 10.2 Å². The van der Waals surface area contributed by atoms with Crippen molar-refractivity contribution in [2.75, 3.05) is 13.1 Å². The Labute approximate surface area is 199 Å². The first-order chi connectivity index (χ1) is 16.7. The van der Waals surface area contributed by atoms with Crippen LogP contribution in [0.1, 0.15) is 53.1 Å². The highest BCUT2D eigenvalue weighted by Gasteiger charge is 2.31. The molecule has 1 fully saturated rings. The highest BCUT2D eigenvalue weighted by atomic mass is 16.2. The fourth-order valence-electron chi connectivity index (χ4n) is 5.24. The topological polar surface area (TPSA) is 93.0 Å². The van der Waals surface area contributed by atoms with Gasteiger partial charge in [-0.2, -0.15) is 0 Å². The highest BCUT2D eigenvalue weighted by Crippen LogP contribution is 2.30. The fraction of sp³-hybridized carbons (Fsp3) is 0.423. The summed E-state index contributed by atoms with van der Waals surface area (Å²) in [5.74, 6) is 0.785. The highest BCUT2D eigenvalue weighted by molar-refractivity contribution is 5.98. The van der Waals surface area contributed by atoms with Gasteiger partial charge in [-0.3, -0.25) is 9.59 Å². The van der Waals surface area contributed by atoms with E-state index in [-0.39, 0.29) is 23.7 Å². The molecule has 2 aromatic carbocycles. The van der Waals surface area contributed by atoms with Gasteiger partial charge in [-0.1, -0.05) is 48.5 Å². The Bertz CT molecular complexity index is 1110. The Hall–Kier alpha value is -3.55. The molecule has 8 heteroatoms. The second-order valence-electron chi connectivity index (χ2n) is 9.45. The molecule has 0 bridgehead atoms. The fourth-order valence-corrected chi connectivity index (χ4v) is 5.24. The van der Waals surface area contributed by atoms with Crippen LogP contribution in [0.3, 0.4) is 0 Å². The standard InChI is InChI=1S/C26H30N6O2/c33-25(21-12-10-19(11-13-21)15-32-18-28-29-30-32)27-14-23(20-6-2-1-3-7-20)17-31-16-22-8-4-5-9-24(22)26(31)34/h1-9,18-19,21,23H,10-17H2,(H,27,33). The molecule has 1 atom stereocenters. The lowest BCUT2D eigenvalue weighted by atomic mass is 9.81. The molecule has 1 aliphatic carbocycles. The van der Waals surface area contributed by atoms with E-state index >= 15 is 0 Å². The summed E-state index contributed by atoms with van der Waals surface area (Å²) in [6.07, 6.45) is 5.41. The molecule has 1 N–H and O–H groups in total. The lowest BCUT2D eigenvalue weighted by Gasteiger charge is -2.29. The van der Waals surface area contributed by atoms with Crippen molar-refractivity contribution in [3.8, 4) is 0 Å². The Morgan fingerprint density at radius 1 is 1.03 bits per heavy atom. The lowest BCUT2D eigenvalue weighted by molar-refractivity contribution is -0.126. The van der Waals surface area contributed by atoms with Crippen LogP contribution in [-0.2, 0) is 17.9 Å². The van der Waals surface area contributed by atoms with E-state index in [2.05, 4.69) is 33.0 Å². The molecular weight excluding hydrogens is 428 g/mol. The molecule has 1 saturated carbocycles. The van der Waals surface area contributed by atoms with Gasteiger partial charge >= 0.3 is 0 Å². The Kier molecular flexibility index (Phi) is 6.65. The smallest absolute Gasteiger partial charge is 0.254 e. The third kappa shape index (κ3) is 5.00. The predicted molar refractivity (Wildman–Crippen MR) is 127 cm³/mol. The minimum absolute atomic E-state index is 0.0409. The normalized spacial score (nSPS) is 20.7. The van der Waals surface area contributed by atoms with Crippen LogP contribution in [0.5, 0.6) is 0 Å². The lowest BCUT2D eigenvalue weighted by Crippen LogP contribution is -2.39. The Balaban J connectivity index is 1.17. The molecular formula is C26H30N6O2. The maximum absolute atomic E-state index is 13.0. The van der Waals surface area contributed by atoms with Crippen molar-refractivity contribution in [1.29, 1.82) is 0 Å². The van der Waals surface area contributed by atoms with Gasteiger partial charge in [0.25, 0.3) is 5.91 Å². The van der Waals surface area contributed by atoms with Gasteiger partial charge in [-0.05, 0) is 59.2 Å². The summed E-state index contributed by atoms with van der Waals surface area (Å²) >= 11 is 0. The number of rotatable bonds is 8. The van der Waals surface area contributed by atoms with Crippen LogP contribution in [0, 0.1) is 11.8 Å². The summed E-state index contributed by atoms with van der Waals surface area (Å²) in [6.45, 7) is 2.53. The van der Waals surface area contributed by atoms with Gasteiger partial charge in [-0.25, -0.2) is 4.68 Å². The van der Waals surface area contributed by atoms with E-state index in [1.165, 1.54) is 0 Å². The zero-order valence-corrected chi connectivity index (χ0v) is 19.2. The first-order valence-corrected chi connectivity index (χ1v) is 12.1. The first kappa shape index (κ1) is 22.3. The van der Waals surface area contributed by atoms with E-state index in [0.717, 1.165) is 48.9 Å². The van der Waals surface area contributed by atoms with Gasteiger partial charge in [0.1, 0.15) is 6.33 Å². The largest absolute Gasteiger partial charge is 0.355 e. The van der Waals surface area contributed by atoms with Gasteiger partial charge in [0.2, 0.25) is 5.91 Å². The second kappa shape index (κ2) is 10.2. The van der Waals surface area contributed by atoms with Crippen molar-refractivity contribution in [3.63, 3.8) is 0 Å². The van der Waals surface area contributed by atoms with Gasteiger partial charge in [0.05, 0.1) is 0 Å². The van der Waals surface area contributed by atoms with Crippen molar-refractivity contribution in [2.45, 2.75) is 44.7 Å². The molecule has 1 aliphatic heterocycles. The van der Waals surface area contributed by atoms with Gasteiger partial charge in [0.15, 0.2) is 0 Å². The molecule has 34 heavy (non-hydrogen) atoms. The van der Waals surface area contributed by atoms with Gasteiger partial charge in [-0.15, -0.1) is 5.10 Å². The van der Waals surface area contributed by atoms with Crippen LogP contribution in [-0.4, -0.2) is 50.0 Å². The van der Waals surface area contributed by atoms with Crippen molar-refractivity contribution in [3.05, 3.63) is 77.6 Å². The summed E-state index contributed by atoms with van der Waals surface area (Å²) in [7, 11) is 0. The third-order valence-electron chi connectivity index (χ3n) is 7.18. The zero-order chi connectivity index (χ0) is 23.3. The second-order valence-corrected chi connectivity index (χ2v) is 9.45. The van der Waals surface area contributed by atoms with Crippen LogP contribution in [0.15, 0.2) is 60.9 Å². The molecule has 2 aliphatic rings. The van der Waals surface area contributed by atoms with E-state index in [9.17, 15) is 9.59 Å². The molecule has 8 nitrogen and oxygen atoms in total. The monoisotopic (exact) mass is 458 g/mol. The summed E-state index contributed by atoms with van der Waals surface area (Å²) in [4.78, 5) is 27.8. The van der Waals surface area contributed by atoms with Crippen molar-refractivity contribution in [2.24, 2.45) is 11.8 Å². The van der Waals surface area contributed by atoms with Crippen LogP contribution in [0.2, 0.25) is 0 Å². The van der Waals surface area contributed by atoms with E-state index in [1.807, 2.05) is 47.4 Å². The minimum atomic E-state index is 0.0409. The summed E-state index contributed by atoms with van der Waals surface area (Å²) < 4.78 is 1.77. The van der Waals surface area contributed by atoms with Crippen LogP contribution in [0.25, 0.3) is 0 Å². The Morgan fingerprint density at radius 3 is 2.53 bits per heavy atom.